The number of nitrogens with one attached hydrogen (secondary N) is 1. The maximum absolute atomic E-state index is 13.2. The Kier molecular flexibility index (Phi) is 2.12. The number of hydrogen-bond donors (Lipinski definition) is 1. The molecule has 0 saturated heterocycles. The molecule has 0 atom stereocenters. The fourth-order valence-corrected chi connectivity index (χ4v) is 2.13. The van der Waals surface area contributed by atoms with Crippen molar-refractivity contribution in [2.24, 2.45) is 0 Å². The van der Waals surface area contributed by atoms with Gasteiger partial charge in [0.15, 0.2) is 0 Å². The molecule has 62 valence electrons. The summed E-state index contributed by atoms with van der Waals surface area (Å²) in [7, 11) is 0. The predicted octanol–water partition coefficient (Wildman–Crippen LogP) is 3.67. The number of aromatic amines is 1. The third-order valence-electron chi connectivity index (χ3n) is 1.66. The minimum atomic E-state index is -0.220. The lowest BCUT2D eigenvalue weighted by Gasteiger charge is -1.94. The molecule has 0 aliphatic rings. The molecule has 0 unspecified atom stereocenters. The zero-order valence-corrected chi connectivity index (χ0v) is 9.61. The summed E-state index contributed by atoms with van der Waals surface area (Å²) < 4.78 is 15.0. The summed E-state index contributed by atoms with van der Waals surface area (Å²) in [6.07, 6.45) is 1.79. The van der Waals surface area contributed by atoms with Crippen LogP contribution < -0.4 is 0 Å². The van der Waals surface area contributed by atoms with E-state index in [0.717, 1.165) is 13.4 Å². The second-order valence-corrected chi connectivity index (χ2v) is 4.52. The summed E-state index contributed by atoms with van der Waals surface area (Å²) in [5.74, 6) is -0.220. The minimum Gasteiger partial charge on any atom is -0.358 e. The quantitative estimate of drug-likeness (QED) is 0.705. The molecule has 0 radical (unpaired) electrons. The highest BCUT2D eigenvalue weighted by atomic mass is 127. The van der Waals surface area contributed by atoms with Crippen LogP contribution in [0.4, 0.5) is 4.39 Å². The molecular weight excluding hydrogens is 336 g/mol. The van der Waals surface area contributed by atoms with E-state index in [-0.39, 0.29) is 5.82 Å². The minimum absolute atomic E-state index is 0.220. The Labute approximate surface area is 90.6 Å². The van der Waals surface area contributed by atoms with Crippen LogP contribution in [0.3, 0.4) is 0 Å². The second-order valence-electron chi connectivity index (χ2n) is 2.45. The largest absolute Gasteiger partial charge is 0.358 e. The number of aromatic nitrogens is 1. The summed E-state index contributed by atoms with van der Waals surface area (Å²) in [5, 5.41) is 0.919. The van der Waals surface area contributed by atoms with E-state index in [0.29, 0.717) is 5.52 Å². The molecule has 0 aliphatic carbocycles. The number of H-pyrrole nitrogens is 1. The van der Waals surface area contributed by atoms with Crippen molar-refractivity contribution in [3.8, 4) is 0 Å². The number of halogens is 3. The molecule has 0 aliphatic heterocycles. The summed E-state index contributed by atoms with van der Waals surface area (Å²) in [6, 6.07) is 3.35. The topological polar surface area (TPSA) is 15.8 Å². The number of rotatable bonds is 0. The molecule has 1 heterocycles. The van der Waals surface area contributed by atoms with E-state index in [9.17, 15) is 4.39 Å². The fourth-order valence-electron chi connectivity index (χ4n) is 1.12. The zero-order valence-electron chi connectivity index (χ0n) is 5.87. The number of hydrogen-bond acceptors (Lipinski definition) is 0. The predicted molar refractivity (Wildman–Crippen MR) is 58.7 cm³/mol. The van der Waals surface area contributed by atoms with Crippen molar-refractivity contribution in [1.29, 1.82) is 0 Å². The van der Waals surface area contributed by atoms with Crippen LogP contribution in [-0.4, -0.2) is 4.98 Å². The summed E-state index contributed by atoms with van der Waals surface area (Å²) >= 11 is 5.41. The van der Waals surface area contributed by atoms with Crippen LogP contribution in [-0.2, 0) is 0 Å². The molecule has 1 N–H and O–H groups in total. The lowest BCUT2D eigenvalue weighted by Crippen LogP contribution is -1.77. The first-order valence-electron chi connectivity index (χ1n) is 3.30. The van der Waals surface area contributed by atoms with Crippen LogP contribution >= 0.6 is 38.5 Å². The molecule has 0 fully saturated rings. The van der Waals surface area contributed by atoms with Crippen molar-refractivity contribution in [2.45, 2.75) is 0 Å². The average molecular weight is 340 g/mol. The highest BCUT2D eigenvalue weighted by Gasteiger charge is 2.06. The van der Waals surface area contributed by atoms with Gasteiger partial charge >= 0.3 is 0 Å². The van der Waals surface area contributed by atoms with Gasteiger partial charge < -0.3 is 4.98 Å². The Morgan fingerprint density at radius 1 is 1.42 bits per heavy atom. The van der Waals surface area contributed by atoms with E-state index in [1.165, 1.54) is 6.07 Å². The summed E-state index contributed by atoms with van der Waals surface area (Å²) in [4.78, 5) is 2.88. The number of fused-ring (bicyclic) bond motifs is 1. The van der Waals surface area contributed by atoms with Gasteiger partial charge in [0.05, 0.1) is 5.52 Å². The van der Waals surface area contributed by atoms with Crippen LogP contribution in [0.25, 0.3) is 10.9 Å². The molecule has 0 spiro atoms. The Balaban J connectivity index is 2.92. The maximum atomic E-state index is 13.2. The van der Waals surface area contributed by atoms with E-state index in [4.69, 9.17) is 0 Å². The van der Waals surface area contributed by atoms with E-state index in [2.05, 4.69) is 43.5 Å². The molecule has 1 nitrogen and oxygen atoms in total. The first kappa shape index (κ1) is 8.50. The summed E-state index contributed by atoms with van der Waals surface area (Å²) in [5.41, 5.74) is 0.572. The highest BCUT2D eigenvalue weighted by molar-refractivity contribution is 14.1. The third kappa shape index (κ3) is 1.26. The van der Waals surface area contributed by atoms with Crippen molar-refractivity contribution < 1.29 is 4.39 Å². The monoisotopic (exact) mass is 339 g/mol. The van der Waals surface area contributed by atoms with E-state index in [1.807, 2.05) is 6.07 Å². The van der Waals surface area contributed by atoms with Crippen molar-refractivity contribution in [3.05, 3.63) is 32.2 Å². The van der Waals surface area contributed by atoms with E-state index < -0.39 is 0 Å². The second kappa shape index (κ2) is 2.99. The highest BCUT2D eigenvalue weighted by Crippen LogP contribution is 2.26. The SMILES string of the molecule is Fc1cc(Br)cc2c(I)c[nH]c12. The Morgan fingerprint density at radius 3 is 2.92 bits per heavy atom. The standard InChI is InChI=1S/C8H4BrFIN/c9-4-1-5-7(11)3-12-8(5)6(10)2-4/h1-3,12H. The Bertz CT molecular complexity index is 438. The van der Waals surface area contributed by atoms with Crippen LogP contribution in [0.1, 0.15) is 0 Å². The van der Waals surface area contributed by atoms with E-state index in [1.54, 1.807) is 6.20 Å². The molecule has 4 heteroatoms. The smallest absolute Gasteiger partial charge is 0.148 e. The maximum Gasteiger partial charge on any atom is 0.148 e. The van der Waals surface area contributed by atoms with Crippen LogP contribution in [0, 0.1) is 9.39 Å². The average Bonchev–Trinajstić information content (AvgIpc) is 2.33. The Morgan fingerprint density at radius 2 is 2.17 bits per heavy atom. The molecule has 12 heavy (non-hydrogen) atoms. The molecule has 0 bridgehead atoms. The van der Waals surface area contributed by atoms with Gasteiger partial charge in [0.1, 0.15) is 5.82 Å². The molecule has 0 saturated carbocycles. The number of benzene rings is 1. The van der Waals surface area contributed by atoms with Crippen molar-refractivity contribution in [3.63, 3.8) is 0 Å². The van der Waals surface area contributed by atoms with Gasteiger partial charge in [-0.3, -0.25) is 0 Å². The van der Waals surface area contributed by atoms with Crippen LogP contribution in [0.5, 0.6) is 0 Å². The lowest BCUT2D eigenvalue weighted by atomic mass is 10.2. The van der Waals surface area contributed by atoms with Crippen molar-refractivity contribution in [2.75, 3.05) is 0 Å². The van der Waals surface area contributed by atoms with Crippen LogP contribution in [0.2, 0.25) is 0 Å². The molecule has 2 aromatic rings. The molecule has 1 aromatic heterocycles. The summed E-state index contributed by atoms with van der Waals surface area (Å²) in [6.45, 7) is 0. The lowest BCUT2D eigenvalue weighted by molar-refractivity contribution is 0.636. The van der Waals surface area contributed by atoms with Crippen LogP contribution in [0.15, 0.2) is 22.8 Å². The third-order valence-corrected chi connectivity index (χ3v) is 3.01. The molecular formula is C8H4BrFIN. The fraction of sp³-hybridized carbons (Fsp3) is 0. The van der Waals surface area contributed by atoms with Gasteiger partial charge in [-0.25, -0.2) is 4.39 Å². The van der Waals surface area contributed by atoms with Crippen molar-refractivity contribution >= 4 is 49.4 Å². The first-order chi connectivity index (χ1) is 5.68. The van der Waals surface area contributed by atoms with Gasteiger partial charge in [-0.15, -0.1) is 0 Å². The van der Waals surface area contributed by atoms with Gasteiger partial charge in [0.2, 0.25) is 0 Å². The normalized spacial score (nSPS) is 10.9. The van der Waals surface area contributed by atoms with Gasteiger partial charge in [-0.1, -0.05) is 15.9 Å². The van der Waals surface area contributed by atoms with Gasteiger partial charge in [-0.2, -0.15) is 0 Å². The van der Waals surface area contributed by atoms with Gasteiger partial charge in [0.25, 0.3) is 0 Å². The first-order valence-corrected chi connectivity index (χ1v) is 5.17. The van der Waals surface area contributed by atoms with E-state index >= 15 is 0 Å². The Hall–Kier alpha value is -0.100. The van der Waals surface area contributed by atoms with Gasteiger partial charge in [0, 0.05) is 19.6 Å². The van der Waals surface area contributed by atoms with Gasteiger partial charge in [-0.05, 0) is 34.7 Å². The molecule has 2 rings (SSSR count). The zero-order chi connectivity index (χ0) is 8.72. The molecule has 1 aromatic carbocycles. The molecule has 0 amide bonds. The van der Waals surface area contributed by atoms with Crippen molar-refractivity contribution in [1.82, 2.24) is 4.98 Å².